The molecule has 0 radical (unpaired) electrons. The van der Waals surface area contributed by atoms with E-state index in [1.807, 2.05) is 0 Å². The topological polar surface area (TPSA) is 35.2 Å². The van der Waals surface area contributed by atoms with Gasteiger partial charge in [0.25, 0.3) is 0 Å². The quantitative estimate of drug-likeness (QED) is 0.763. The summed E-state index contributed by atoms with van der Waals surface area (Å²) < 4.78 is 5.98. The molecule has 0 aliphatic rings. The number of hydrogen-bond acceptors (Lipinski definition) is 2. The van der Waals surface area contributed by atoms with Crippen molar-refractivity contribution in [3.63, 3.8) is 0 Å². The Morgan fingerprint density at radius 2 is 1.59 bits per heavy atom. The van der Waals surface area contributed by atoms with Crippen molar-refractivity contribution in [3.05, 3.63) is 64.7 Å². The number of ether oxygens (including phenoxy) is 1. The molecule has 2 N–H and O–H groups in total. The van der Waals surface area contributed by atoms with E-state index in [1.165, 1.54) is 22.3 Å². The second kappa shape index (κ2) is 8.00. The highest BCUT2D eigenvalue weighted by Crippen LogP contribution is 2.24. The molecule has 2 nitrogen and oxygen atoms in total. The van der Waals surface area contributed by atoms with Crippen LogP contribution < -0.4 is 10.5 Å². The molecule has 1 unspecified atom stereocenters. The van der Waals surface area contributed by atoms with Gasteiger partial charge in [0.1, 0.15) is 5.75 Å². The lowest BCUT2D eigenvalue weighted by Crippen LogP contribution is -2.14. The molecule has 0 saturated carbocycles. The lowest BCUT2D eigenvalue weighted by molar-refractivity contribution is 0.298. The third kappa shape index (κ3) is 4.35. The van der Waals surface area contributed by atoms with Crippen LogP contribution in [-0.4, -0.2) is 13.2 Å². The average Bonchev–Trinajstić information content (AvgIpc) is 2.51. The predicted molar refractivity (Wildman–Crippen MR) is 93.6 cm³/mol. The Morgan fingerprint density at radius 3 is 2.18 bits per heavy atom. The number of hydrogen-bond donors (Lipinski definition) is 1. The van der Waals surface area contributed by atoms with Crippen molar-refractivity contribution < 1.29 is 4.74 Å². The predicted octanol–water partition coefficient (Wildman–Crippen LogP) is 4.51. The van der Waals surface area contributed by atoms with Gasteiger partial charge in [0.2, 0.25) is 0 Å². The smallest absolute Gasteiger partial charge is 0.125 e. The molecular weight excluding hydrogens is 270 g/mol. The van der Waals surface area contributed by atoms with Crippen molar-refractivity contribution in [2.24, 2.45) is 5.73 Å². The van der Waals surface area contributed by atoms with Gasteiger partial charge in [-0.15, -0.1) is 0 Å². The molecule has 2 aromatic carbocycles. The SMILES string of the molecule is Cc1ccc(C(CN)CCCOc2c(C)cccc2C)cc1. The summed E-state index contributed by atoms with van der Waals surface area (Å²) in [5.41, 5.74) is 11.0. The minimum Gasteiger partial charge on any atom is -0.493 e. The molecule has 2 aromatic rings. The lowest BCUT2D eigenvalue weighted by atomic mass is 9.94. The van der Waals surface area contributed by atoms with Crippen LogP contribution in [0.3, 0.4) is 0 Å². The van der Waals surface area contributed by atoms with Crippen molar-refractivity contribution in [1.82, 2.24) is 0 Å². The maximum Gasteiger partial charge on any atom is 0.125 e. The molecule has 0 aliphatic heterocycles. The number of benzene rings is 2. The summed E-state index contributed by atoms with van der Waals surface area (Å²) in [6.45, 7) is 7.73. The van der Waals surface area contributed by atoms with E-state index in [0.29, 0.717) is 12.5 Å². The van der Waals surface area contributed by atoms with Gasteiger partial charge in [-0.05, 0) is 62.8 Å². The molecule has 2 rings (SSSR count). The van der Waals surface area contributed by atoms with Crippen LogP contribution in [0.4, 0.5) is 0 Å². The Hall–Kier alpha value is -1.80. The monoisotopic (exact) mass is 297 g/mol. The van der Waals surface area contributed by atoms with E-state index in [9.17, 15) is 0 Å². The summed E-state index contributed by atoms with van der Waals surface area (Å²) in [6.07, 6.45) is 2.08. The van der Waals surface area contributed by atoms with Gasteiger partial charge in [0.15, 0.2) is 0 Å². The van der Waals surface area contributed by atoms with Gasteiger partial charge in [-0.3, -0.25) is 0 Å². The highest BCUT2D eigenvalue weighted by atomic mass is 16.5. The van der Waals surface area contributed by atoms with Crippen LogP contribution in [0, 0.1) is 20.8 Å². The first-order valence-electron chi connectivity index (χ1n) is 8.07. The Kier molecular flexibility index (Phi) is 6.02. The average molecular weight is 297 g/mol. The van der Waals surface area contributed by atoms with Crippen molar-refractivity contribution in [2.75, 3.05) is 13.2 Å². The van der Waals surface area contributed by atoms with E-state index in [-0.39, 0.29) is 0 Å². The van der Waals surface area contributed by atoms with Crippen LogP contribution in [0.25, 0.3) is 0 Å². The van der Waals surface area contributed by atoms with Crippen LogP contribution in [0.15, 0.2) is 42.5 Å². The van der Waals surface area contributed by atoms with Crippen molar-refractivity contribution in [2.45, 2.75) is 39.5 Å². The van der Waals surface area contributed by atoms with E-state index in [1.54, 1.807) is 0 Å². The minimum absolute atomic E-state index is 0.419. The fourth-order valence-corrected chi connectivity index (χ4v) is 2.79. The van der Waals surface area contributed by atoms with Gasteiger partial charge in [-0.25, -0.2) is 0 Å². The minimum atomic E-state index is 0.419. The first-order valence-corrected chi connectivity index (χ1v) is 8.07. The Morgan fingerprint density at radius 1 is 0.955 bits per heavy atom. The highest BCUT2D eigenvalue weighted by molar-refractivity contribution is 5.39. The molecular formula is C20H27NO. The first-order chi connectivity index (χ1) is 10.6. The molecule has 22 heavy (non-hydrogen) atoms. The molecule has 0 amide bonds. The molecule has 0 fully saturated rings. The Balaban J connectivity index is 1.85. The molecule has 0 heterocycles. The zero-order chi connectivity index (χ0) is 15.9. The number of aryl methyl sites for hydroxylation is 3. The molecule has 118 valence electrons. The van der Waals surface area contributed by atoms with Gasteiger partial charge < -0.3 is 10.5 Å². The molecule has 0 spiro atoms. The normalized spacial score (nSPS) is 12.2. The van der Waals surface area contributed by atoms with Crippen LogP contribution in [0.1, 0.15) is 41.0 Å². The lowest BCUT2D eigenvalue weighted by Gasteiger charge is -2.16. The fourth-order valence-electron chi connectivity index (χ4n) is 2.79. The fraction of sp³-hybridized carbons (Fsp3) is 0.400. The van der Waals surface area contributed by atoms with Gasteiger partial charge >= 0.3 is 0 Å². The maximum atomic E-state index is 5.98. The van der Waals surface area contributed by atoms with E-state index < -0.39 is 0 Å². The van der Waals surface area contributed by atoms with Crippen LogP contribution in [0.2, 0.25) is 0 Å². The largest absolute Gasteiger partial charge is 0.493 e. The first kappa shape index (κ1) is 16.6. The van der Waals surface area contributed by atoms with Gasteiger partial charge in [-0.1, -0.05) is 48.0 Å². The number of rotatable bonds is 7. The molecule has 1 atom stereocenters. The summed E-state index contributed by atoms with van der Waals surface area (Å²) in [4.78, 5) is 0. The standard InChI is InChI=1S/C20H27NO/c1-15-9-11-18(12-10-15)19(14-21)8-5-13-22-20-16(2)6-4-7-17(20)3/h4,6-7,9-12,19H,5,8,13-14,21H2,1-3H3. The zero-order valence-electron chi connectivity index (χ0n) is 13.9. The Bertz CT molecular complexity index is 569. The van der Waals surface area contributed by atoms with Crippen molar-refractivity contribution >= 4 is 0 Å². The van der Waals surface area contributed by atoms with E-state index in [4.69, 9.17) is 10.5 Å². The van der Waals surface area contributed by atoms with Crippen molar-refractivity contribution in [3.8, 4) is 5.75 Å². The second-order valence-corrected chi connectivity index (χ2v) is 6.05. The highest BCUT2D eigenvalue weighted by Gasteiger charge is 2.10. The molecule has 0 aliphatic carbocycles. The van der Waals surface area contributed by atoms with E-state index in [2.05, 4.69) is 63.2 Å². The summed E-state index contributed by atoms with van der Waals surface area (Å²) in [7, 11) is 0. The number of nitrogens with two attached hydrogens (primary N) is 1. The molecule has 0 saturated heterocycles. The Labute approximate surface area is 134 Å². The molecule has 0 aromatic heterocycles. The summed E-state index contributed by atoms with van der Waals surface area (Å²) in [6, 6.07) is 15.0. The zero-order valence-corrected chi connectivity index (χ0v) is 13.9. The van der Waals surface area contributed by atoms with Crippen LogP contribution in [-0.2, 0) is 0 Å². The van der Waals surface area contributed by atoms with Crippen LogP contribution in [0.5, 0.6) is 5.75 Å². The maximum absolute atomic E-state index is 5.98. The van der Waals surface area contributed by atoms with E-state index >= 15 is 0 Å². The second-order valence-electron chi connectivity index (χ2n) is 6.05. The van der Waals surface area contributed by atoms with Gasteiger partial charge in [-0.2, -0.15) is 0 Å². The summed E-state index contributed by atoms with van der Waals surface area (Å²) in [5, 5.41) is 0. The van der Waals surface area contributed by atoms with Crippen LogP contribution >= 0.6 is 0 Å². The number of para-hydroxylation sites is 1. The van der Waals surface area contributed by atoms with Gasteiger partial charge in [0.05, 0.1) is 6.61 Å². The van der Waals surface area contributed by atoms with Gasteiger partial charge in [0, 0.05) is 0 Å². The third-order valence-electron chi connectivity index (χ3n) is 4.19. The summed E-state index contributed by atoms with van der Waals surface area (Å²) in [5.74, 6) is 1.45. The third-order valence-corrected chi connectivity index (χ3v) is 4.19. The van der Waals surface area contributed by atoms with Crippen molar-refractivity contribution in [1.29, 1.82) is 0 Å². The van der Waals surface area contributed by atoms with E-state index in [0.717, 1.165) is 25.2 Å². The summed E-state index contributed by atoms with van der Waals surface area (Å²) >= 11 is 0. The molecule has 2 heteroatoms. The molecule has 0 bridgehead atoms.